The molecule has 12 heteroatoms. The molecule has 0 fully saturated rings. The van der Waals surface area contributed by atoms with Crippen LogP contribution in [0.3, 0.4) is 0 Å². The topological polar surface area (TPSA) is 205 Å². The largest absolute Gasteiger partial charge is 0.465 e. The van der Waals surface area contributed by atoms with E-state index in [-0.39, 0.29) is 16.8 Å². The van der Waals surface area contributed by atoms with Crippen molar-refractivity contribution in [2.75, 3.05) is 14.2 Å². The molecule has 12 nitrogen and oxygen atoms in total. The van der Waals surface area contributed by atoms with Crippen molar-refractivity contribution in [2.24, 2.45) is 11.8 Å². The number of fused-ring (bicyclic) bond motifs is 11. The number of methoxy groups -OCH3 is 2. The van der Waals surface area contributed by atoms with Crippen molar-refractivity contribution < 1.29 is 19.1 Å². The standard InChI is InChI=1S/C58H38N8O4/c1-69-57(67)41-27-39-40(28-42(41)58(68)70-2)54-52(36-21-13-6-14-22-36)56-51(38(31-61)32-62)50(37(29-59)30-60)55(66-56)49(35-19-11-5-12-20-35)46-26-24-44(64-46)47(33-15-7-3-8-16-33)43-23-25-45(63-43)48(53(39)65-54)34-17-9-4-10-18-34/h3-28,37-38,50-51,64-65H,1-2H3/t50-,51-/m0/s1. The van der Waals surface area contributed by atoms with Crippen LogP contribution in [0, 0.1) is 57.2 Å². The number of nitrogens with one attached hydrogen (secondary N) is 2. The van der Waals surface area contributed by atoms with Crippen molar-refractivity contribution >= 4 is 56.9 Å². The Balaban J connectivity index is 1.57. The summed E-state index contributed by atoms with van der Waals surface area (Å²) >= 11 is 0. The van der Waals surface area contributed by atoms with Crippen LogP contribution < -0.4 is 0 Å². The molecule has 8 aromatic rings. The molecule has 2 atom stereocenters. The van der Waals surface area contributed by atoms with E-state index in [9.17, 15) is 30.6 Å². The maximum Gasteiger partial charge on any atom is 0.338 e. The number of hydrogen-bond donors (Lipinski definition) is 2. The molecule has 0 spiro atoms. The molecule has 0 unspecified atom stereocenters. The Kier molecular flexibility index (Phi) is 11.6. The number of H-pyrrole nitrogens is 2. The molecule has 2 aliphatic rings. The summed E-state index contributed by atoms with van der Waals surface area (Å²) in [5.74, 6) is -6.67. The Labute approximate surface area is 401 Å². The number of benzene rings is 5. The molecule has 2 aliphatic heterocycles. The predicted octanol–water partition coefficient (Wildman–Crippen LogP) is 12.1. The highest BCUT2D eigenvalue weighted by Crippen LogP contribution is 2.53. The second-order valence-electron chi connectivity index (χ2n) is 16.7. The Morgan fingerprint density at radius 3 is 1.30 bits per heavy atom. The molecule has 0 saturated carbocycles. The Morgan fingerprint density at radius 2 is 0.857 bits per heavy atom. The first-order valence-electron chi connectivity index (χ1n) is 22.3. The number of nitrogens with zero attached hydrogens (tertiary/aromatic N) is 6. The van der Waals surface area contributed by atoms with E-state index in [2.05, 4.69) is 34.2 Å². The van der Waals surface area contributed by atoms with Crippen LogP contribution in [0.2, 0.25) is 0 Å². The lowest BCUT2D eigenvalue weighted by molar-refractivity contribution is 0.0555. The normalized spacial score (nSPS) is 13.8. The van der Waals surface area contributed by atoms with E-state index in [4.69, 9.17) is 19.4 Å². The lowest BCUT2D eigenvalue weighted by atomic mass is 9.72. The van der Waals surface area contributed by atoms with Crippen LogP contribution >= 0.6 is 0 Å². The van der Waals surface area contributed by atoms with Gasteiger partial charge >= 0.3 is 11.9 Å². The van der Waals surface area contributed by atoms with E-state index in [1.165, 1.54) is 14.2 Å². The van der Waals surface area contributed by atoms with Gasteiger partial charge in [0.15, 0.2) is 0 Å². The summed E-state index contributed by atoms with van der Waals surface area (Å²) in [6, 6.07) is 54.1. The summed E-state index contributed by atoms with van der Waals surface area (Å²) < 4.78 is 10.5. The molecule has 5 heterocycles. The second-order valence-corrected chi connectivity index (χ2v) is 16.7. The second kappa shape index (κ2) is 18.4. The van der Waals surface area contributed by atoms with Crippen LogP contribution in [0.4, 0.5) is 0 Å². The Bertz CT molecular complexity index is 3770. The first-order valence-corrected chi connectivity index (χ1v) is 22.3. The zero-order valence-electron chi connectivity index (χ0n) is 37.6. The highest BCUT2D eigenvalue weighted by Gasteiger charge is 2.46. The number of rotatable bonds is 8. The van der Waals surface area contributed by atoms with Gasteiger partial charge in [-0.3, -0.25) is 4.98 Å². The van der Waals surface area contributed by atoms with Crippen molar-refractivity contribution in [1.82, 2.24) is 19.9 Å². The Hall–Kier alpha value is -9.88. The third kappa shape index (κ3) is 7.40. The van der Waals surface area contributed by atoms with Crippen molar-refractivity contribution in [2.45, 2.75) is 11.8 Å². The fourth-order valence-electron chi connectivity index (χ4n) is 9.87. The first kappa shape index (κ1) is 44.0. The minimum absolute atomic E-state index is 0.0554. The molecule has 8 bridgehead atoms. The van der Waals surface area contributed by atoms with E-state index in [1.807, 2.05) is 146 Å². The minimum Gasteiger partial charge on any atom is -0.465 e. The fourth-order valence-corrected chi connectivity index (χ4v) is 9.87. The van der Waals surface area contributed by atoms with Crippen LogP contribution in [-0.2, 0) is 9.47 Å². The number of carbonyl (C=O) groups is 2. The van der Waals surface area contributed by atoms with Crippen molar-refractivity contribution in [1.29, 1.82) is 21.0 Å². The van der Waals surface area contributed by atoms with Crippen LogP contribution in [0.25, 0.3) is 89.5 Å². The lowest BCUT2D eigenvalue weighted by Crippen LogP contribution is -2.21. The molecule has 334 valence electrons. The number of hydrogen-bond acceptors (Lipinski definition) is 10. The van der Waals surface area contributed by atoms with Crippen LogP contribution in [-0.4, -0.2) is 46.1 Å². The molecule has 0 saturated heterocycles. The number of aromatic nitrogens is 4. The highest BCUT2D eigenvalue weighted by molar-refractivity contribution is 6.20. The summed E-state index contributed by atoms with van der Waals surface area (Å²) in [6.07, 6.45) is 3.90. The highest BCUT2D eigenvalue weighted by atomic mass is 16.5. The van der Waals surface area contributed by atoms with Gasteiger partial charge < -0.3 is 19.4 Å². The molecule has 3 aromatic heterocycles. The van der Waals surface area contributed by atoms with Crippen molar-refractivity contribution in [3.05, 3.63) is 179 Å². The van der Waals surface area contributed by atoms with E-state index in [0.717, 1.165) is 16.7 Å². The number of carbonyl (C=O) groups excluding carboxylic acids is 2. The number of aromatic amines is 2. The monoisotopic (exact) mass is 910 g/mol. The van der Waals surface area contributed by atoms with Crippen LogP contribution in [0.1, 0.15) is 55.3 Å². The third-order valence-electron chi connectivity index (χ3n) is 12.9. The summed E-state index contributed by atoms with van der Waals surface area (Å²) in [6.45, 7) is 0. The Morgan fingerprint density at radius 1 is 0.486 bits per heavy atom. The van der Waals surface area contributed by atoms with Gasteiger partial charge in [-0.1, -0.05) is 121 Å². The summed E-state index contributed by atoms with van der Waals surface area (Å²) in [4.78, 5) is 45.9. The van der Waals surface area contributed by atoms with Gasteiger partial charge in [-0.25, -0.2) is 14.6 Å². The first-order chi connectivity index (χ1) is 34.3. The van der Waals surface area contributed by atoms with E-state index < -0.39 is 35.6 Å². The SMILES string of the molecule is COC(=O)c1cc2c3[nH]c(c(-c4ccccc4)c4nc(c(-c5ccccc5)c5ccc([nH]5)c(-c5ccccc5)c5nc(c3-c3ccccc3)C=C5)[C@@H](C(C#N)C#N)[C@@H]4C(C#N)C#N)c2cc1C(=O)OC. The number of ether oxygens (including phenoxy) is 2. The van der Waals surface area contributed by atoms with Crippen molar-refractivity contribution in [3.8, 4) is 68.8 Å². The number of nitriles is 4. The zero-order valence-corrected chi connectivity index (χ0v) is 37.6. The molecule has 0 radical (unpaired) electrons. The van der Waals surface area contributed by atoms with Gasteiger partial charge in [-0.2, -0.15) is 21.0 Å². The van der Waals surface area contributed by atoms with Gasteiger partial charge in [0.2, 0.25) is 0 Å². The quantitative estimate of drug-likeness (QED) is 0.138. The van der Waals surface area contributed by atoms with Gasteiger partial charge in [0, 0.05) is 55.9 Å². The molecule has 2 N–H and O–H groups in total. The maximum absolute atomic E-state index is 13.8. The average molecular weight is 911 g/mol. The summed E-state index contributed by atoms with van der Waals surface area (Å²) in [5, 5.41) is 44.6. The van der Waals surface area contributed by atoms with Gasteiger partial charge in [0.05, 0.1) is 83.4 Å². The molecule has 70 heavy (non-hydrogen) atoms. The van der Waals surface area contributed by atoms with Crippen LogP contribution in [0.5, 0.6) is 0 Å². The lowest BCUT2D eigenvalue weighted by Gasteiger charge is -2.23. The zero-order chi connectivity index (χ0) is 48.5. The van der Waals surface area contributed by atoms with Gasteiger partial charge in [0.1, 0.15) is 11.8 Å². The molecule has 10 rings (SSSR count). The smallest absolute Gasteiger partial charge is 0.338 e. The fraction of sp³-hybridized carbons (Fsp3) is 0.103. The molecular formula is C58H38N8O4. The van der Waals surface area contributed by atoms with Crippen LogP contribution in [0.15, 0.2) is 146 Å². The summed E-state index contributed by atoms with van der Waals surface area (Å²) in [7, 11) is 2.45. The molecule has 0 amide bonds. The van der Waals surface area contributed by atoms with Crippen molar-refractivity contribution in [3.63, 3.8) is 0 Å². The predicted molar refractivity (Wildman–Crippen MR) is 267 cm³/mol. The van der Waals surface area contributed by atoms with E-state index in [0.29, 0.717) is 77.7 Å². The molecule has 0 aliphatic carbocycles. The molecular weight excluding hydrogens is 873 g/mol. The van der Waals surface area contributed by atoms with Gasteiger partial charge in [0.25, 0.3) is 0 Å². The number of esters is 2. The summed E-state index contributed by atoms with van der Waals surface area (Å²) in [5.41, 5.74) is 9.15. The maximum atomic E-state index is 13.8. The molecule has 5 aromatic carbocycles. The van der Waals surface area contributed by atoms with E-state index in [1.54, 1.807) is 12.1 Å². The average Bonchev–Trinajstić information content (AvgIpc) is 4.23. The van der Waals surface area contributed by atoms with Gasteiger partial charge in [-0.15, -0.1) is 0 Å². The van der Waals surface area contributed by atoms with Gasteiger partial charge in [-0.05, 0) is 58.7 Å². The minimum atomic E-state index is -1.42. The van der Waals surface area contributed by atoms with E-state index >= 15 is 0 Å². The third-order valence-corrected chi connectivity index (χ3v) is 12.9.